The fourth-order valence-corrected chi connectivity index (χ4v) is 1.45. The molecule has 0 spiro atoms. The molecule has 0 amide bonds. The van der Waals surface area contributed by atoms with Crippen molar-refractivity contribution in [3.63, 3.8) is 0 Å². The van der Waals surface area contributed by atoms with Crippen molar-refractivity contribution >= 4 is 0 Å². The lowest BCUT2D eigenvalue weighted by molar-refractivity contribution is 0.115. The van der Waals surface area contributed by atoms with E-state index < -0.39 is 0 Å². The Hall–Kier alpha value is -0.820. The average Bonchev–Trinajstić information content (AvgIpc) is 2.16. The smallest absolute Gasteiger partial charge is 0.0818 e. The molecule has 0 saturated carbocycles. The van der Waals surface area contributed by atoms with E-state index in [1.807, 2.05) is 31.2 Å². The molecule has 1 rings (SSSR count). The Balaban J connectivity index is 2.88. The Morgan fingerprint density at radius 1 is 1.31 bits per heavy atom. The van der Waals surface area contributed by atoms with Crippen molar-refractivity contribution in [3.05, 3.63) is 35.4 Å². The van der Waals surface area contributed by atoms with Gasteiger partial charge in [-0.15, -0.1) is 0 Å². The van der Waals surface area contributed by atoms with Crippen LogP contribution in [0.3, 0.4) is 0 Å². The summed E-state index contributed by atoms with van der Waals surface area (Å²) in [5.74, 6) is 0.334. The van der Waals surface area contributed by atoms with Gasteiger partial charge < -0.3 is 5.11 Å². The number of hydrogen-bond donors (Lipinski definition) is 1. The van der Waals surface area contributed by atoms with E-state index in [-0.39, 0.29) is 6.10 Å². The molecule has 1 heteroatoms. The second-order valence-electron chi connectivity index (χ2n) is 3.69. The fraction of sp³-hybridized carbons (Fsp3) is 0.500. The Labute approximate surface area is 80.4 Å². The summed E-state index contributed by atoms with van der Waals surface area (Å²) in [6.07, 6.45) is 0.696. The van der Waals surface area contributed by atoms with Gasteiger partial charge in [0.05, 0.1) is 6.10 Å². The first-order valence-electron chi connectivity index (χ1n) is 4.90. The van der Waals surface area contributed by atoms with Gasteiger partial charge in [-0.2, -0.15) is 0 Å². The van der Waals surface area contributed by atoms with Crippen LogP contribution in [0.1, 0.15) is 37.5 Å². The Kier molecular flexibility index (Phi) is 3.49. The molecule has 1 N–H and O–H groups in total. The minimum absolute atomic E-state index is 0.314. The van der Waals surface area contributed by atoms with E-state index in [0.717, 1.165) is 12.0 Å². The van der Waals surface area contributed by atoms with Gasteiger partial charge in [0.1, 0.15) is 0 Å². The molecule has 0 aromatic heterocycles. The van der Waals surface area contributed by atoms with Gasteiger partial charge in [-0.1, -0.05) is 44.5 Å². The lowest BCUT2D eigenvalue weighted by Gasteiger charge is -2.19. The molecule has 0 heterocycles. The van der Waals surface area contributed by atoms with Crippen LogP contribution >= 0.6 is 0 Å². The van der Waals surface area contributed by atoms with Crippen molar-refractivity contribution in [2.24, 2.45) is 5.92 Å². The molecule has 72 valence electrons. The minimum atomic E-state index is -0.314. The van der Waals surface area contributed by atoms with Crippen molar-refractivity contribution in [1.29, 1.82) is 0 Å². The summed E-state index contributed by atoms with van der Waals surface area (Å²) in [7, 11) is 0. The average molecular weight is 178 g/mol. The summed E-state index contributed by atoms with van der Waals surface area (Å²) in [6, 6.07) is 8.03. The third-order valence-corrected chi connectivity index (χ3v) is 2.69. The number of hydrogen-bond acceptors (Lipinski definition) is 1. The van der Waals surface area contributed by atoms with E-state index in [2.05, 4.69) is 13.8 Å². The monoisotopic (exact) mass is 178 g/mol. The van der Waals surface area contributed by atoms with Crippen LogP contribution in [0.4, 0.5) is 0 Å². The second-order valence-corrected chi connectivity index (χ2v) is 3.69. The minimum Gasteiger partial charge on any atom is -0.388 e. The van der Waals surface area contributed by atoms with Crippen LogP contribution in [0.2, 0.25) is 0 Å². The zero-order valence-electron chi connectivity index (χ0n) is 8.62. The van der Waals surface area contributed by atoms with Crippen molar-refractivity contribution in [3.8, 4) is 0 Å². The van der Waals surface area contributed by atoms with Crippen LogP contribution < -0.4 is 0 Å². The van der Waals surface area contributed by atoms with Crippen molar-refractivity contribution in [1.82, 2.24) is 0 Å². The molecule has 0 radical (unpaired) electrons. The van der Waals surface area contributed by atoms with E-state index in [4.69, 9.17) is 0 Å². The third kappa shape index (κ3) is 2.31. The van der Waals surface area contributed by atoms with E-state index in [0.29, 0.717) is 5.92 Å². The zero-order chi connectivity index (χ0) is 9.84. The van der Waals surface area contributed by atoms with Crippen LogP contribution in [0.15, 0.2) is 24.3 Å². The van der Waals surface area contributed by atoms with Crippen molar-refractivity contribution in [2.45, 2.75) is 33.3 Å². The maximum atomic E-state index is 9.97. The van der Waals surface area contributed by atoms with Gasteiger partial charge in [-0.3, -0.25) is 0 Å². The second kappa shape index (κ2) is 4.43. The molecule has 0 aliphatic rings. The number of benzene rings is 1. The summed E-state index contributed by atoms with van der Waals surface area (Å²) >= 11 is 0. The number of aryl methyl sites for hydroxylation is 1. The Bertz CT molecular complexity index is 268. The molecule has 13 heavy (non-hydrogen) atoms. The first-order valence-corrected chi connectivity index (χ1v) is 4.90. The highest BCUT2D eigenvalue weighted by Gasteiger charge is 2.15. The predicted molar refractivity (Wildman–Crippen MR) is 55.6 cm³/mol. The van der Waals surface area contributed by atoms with E-state index in [1.54, 1.807) is 0 Å². The summed E-state index contributed by atoms with van der Waals surface area (Å²) in [5.41, 5.74) is 2.24. The number of rotatable bonds is 3. The zero-order valence-corrected chi connectivity index (χ0v) is 8.62. The van der Waals surface area contributed by atoms with Crippen LogP contribution in [0, 0.1) is 12.8 Å². The first-order chi connectivity index (χ1) is 6.16. The number of aliphatic hydroxyl groups excluding tert-OH is 1. The summed E-state index contributed by atoms with van der Waals surface area (Å²) in [4.78, 5) is 0. The quantitative estimate of drug-likeness (QED) is 0.754. The molecule has 1 nitrogen and oxygen atoms in total. The lowest BCUT2D eigenvalue weighted by atomic mass is 9.92. The fourth-order valence-electron chi connectivity index (χ4n) is 1.45. The molecule has 0 fully saturated rings. The largest absolute Gasteiger partial charge is 0.388 e. The normalized spacial score (nSPS) is 15.4. The summed E-state index contributed by atoms with van der Waals surface area (Å²) in [5, 5.41) is 9.97. The molecule has 0 saturated heterocycles. The van der Waals surface area contributed by atoms with Crippen LogP contribution in [0.5, 0.6) is 0 Å². The molecule has 2 unspecified atom stereocenters. The van der Waals surface area contributed by atoms with E-state index in [1.165, 1.54) is 5.56 Å². The molecule has 0 aliphatic heterocycles. The van der Waals surface area contributed by atoms with E-state index in [9.17, 15) is 5.11 Å². The highest BCUT2D eigenvalue weighted by Crippen LogP contribution is 2.26. The first kappa shape index (κ1) is 10.3. The highest BCUT2D eigenvalue weighted by molar-refractivity contribution is 5.27. The van der Waals surface area contributed by atoms with Crippen LogP contribution in [-0.2, 0) is 0 Å². The SMILES string of the molecule is CCC(C)C(O)c1ccccc1C. The topological polar surface area (TPSA) is 20.2 Å². The Morgan fingerprint density at radius 3 is 2.46 bits per heavy atom. The van der Waals surface area contributed by atoms with E-state index >= 15 is 0 Å². The Morgan fingerprint density at radius 2 is 1.92 bits per heavy atom. The lowest BCUT2D eigenvalue weighted by Crippen LogP contribution is -2.09. The standard InChI is InChI=1S/C12H18O/c1-4-9(2)12(13)11-8-6-5-7-10(11)3/h5-9,12-13H,4H2,1-3H3. The van der Waals surface area contributed by atoms with Gasteiger partial charge in [0.25, 0.3) is 0 Å². The van der Waals surface area contributed by atoms with Gasteiger partial charge in [0, 0.05) is 0 Å². The van der Waals surface area contributed by atoms with Crippen LogP contribution in [-0.4, -0.2) is 5.11 Å². The third-order valence-electron chi connectivity index (χ3n) is 2.69. The van der Waals surface area contributed by atoms with Gasteiger partial charge in [-0.05, 0) is 24.0 Å². The highest BCUT2D eigenvalue weighted by atomic mass is 16.3. The molecule has 0 bridgehead atoms. The van der Waals surface area contributed by atoms with Gasteiger partial charge in [-0.25, -0.2) is 0 Å². The van der Waals surface area contributed by atoms with Crippen LogP contribution in [0.25, 0.3) is 0 Å². The molecule has 2 atom stereocenters. The number of aliphatic hydroxyl groups is 1. The maximum Gasteiger partial charge on any atom is 0.0818 e. The molecule has 0 aliphatic carbocycles. The summed E-state index contributed by atoms with van der Waals surface area (Å²) in [6.45, 7) is 6.23. The molecule has 1 aromatic carbocycles. The molecule has 1 aromatic rings. The summed E-state index contributed by atoms with van der Waals surface area (Å²) < 4.78 is 0. The van der Waals surface area contributed by atoms with Gasteiger partial charge in [0.15, 0.2) is 0 Å². The van der Waals surface area contributed by atoms with Gasteiger partial charge >= 0.3 is 0 Å². The van der Waals surface area contributed by atoms with Gasteiger partial charge in [0.2, 0.25) is 0 Å². The molecular weight excluding hydrogens is 160 g/mol. The molecular formula is C12H18O. The van der Waals surface area contributed by atoms with Crippen molar-refractivity contribution < 1.29 is 5.11 Å². The predicted octanol–water partition coefficient (Wildman–Crippen LogP) is 3.07. The van der Waals surface area contributed by atoms with Crippen molar-refractivity contribution in [2.75, 3.05) is 0 Å². The maximum absolute atomic E-state index is 9.97.